The van der Waals surface area contributed by atoms with E-state index in [2.05, 4.69) is 16.4 Å². The van der Waals surface area contributed by atoms with Crippen LogP contribution in [0.25, 0.3) is 11.0 Å². The van der Waals surface area contributed by atoms with Crippen LogP contribution >= 0.6 is 12.2 Å². The number of aromatic nitrogens is 2. The fourth-order valence-corrected chi connectivity index (χ4v) is 2.73. The molecule has 0 bridgehead atoms. The molecule has 2 N–H and O–H groups in total. The maximum atomic E-state index is 11.3. The van der Waals surface area contributed by atoms with E-state index in [0.717, 1.165) is 11.0 Å². The second kappa shape index (κ2) is 3.96. The van der Waals surface area contributed by atoms with Gasteiger partial charge in [0.25, 0.3) is 0 Å². The molecule has 1 aromatic heterocycles. The van der Waals surface area contributed by atoms with E-state index in [1.807, 2.05) is 16.7 Å². The number of nitrogens with one attached hydrogen (secondary N) is 2. The highest BCUT2D eigenvalue weighted by molar-refractivity contribution is 7.71. The molecule has 1 aliphatic heterocycles. The molecule has 6 heteroatoms. The minimum atomic E-state index is 0.0210. The minimum Gasteiger partial charge on any atom is -0.354 e. The van der Waals surface area contributed by atoms with Gasteiger partial charge < -0.3 is 14.9 Å². The lowest BCUT2D eigenvalue weighted by Crippen LogP contribution is -2.15. The summed E-state index contributed by atoms with van der Waals surface area (Å²) >= 11 is 5.29. The predicted molar refractivity (Wildman–Crippen MR) is 68.5 cm³/mol. The second-order valence-corrected chi connectivity index (χ2v) is 4.66. The van der Waals surface area contributed by atoms with Crippen molar-refractivity contribution in [1.29, 1.82) is 5.26 Å². The first kappa shape index (κ1) is 11.0. The average Bonchev–Trinajstić information content (AvgIpc) is 2.91. The predicted octanol–water partition coefficient (Wildman–Crippen LogP) is 1.63. The largest absolute Gasteiger partial charge is 0.354 e. The molecule has 0 saturated carbocycles. The maximum absolute atomic E-state index is 11.3. The number of H-pyrrole nitrogens is 1. The van der Waals surface area contributed by atoms with Crippen LogP contribution in [-0.2, 0) is 4.79 Å². The number of carbonyl (C=O) groups excluding carboxylic acids is 1. The molecule has 0 radical (unpaired) electrons. The summed E-state index contributed by atoms with van der Waals surface area (Å²) in [6, 6.07) is 7.64. The lowest BCUT2D eigenvalue weighted by Gasteiger charge is -2.10. The first-order valence-electron chi connectivity index (χ1n) is 5.60. The van der Waals surface area contributed by atoms with Crippen molar-refractivity contribution in [2.75, 3.05) is 6.54 Å². The number of nitriles is 1. The van der Waals surface area contributed by atoms with E-state index in [1.54, 1.807) is 6.07 Å². The summed E-state index contributed by atoms with van der Waals surface area (Å²) in [5.41, 5.74) is 2.18. The van der Waals surface area contributed by atoms with E-state index in [4.69, 9.17) is 17.5 Å². The summed E-state index contributed by atoms with van der Waals surface area (Å²) in [4.78, 5) is 14.4. The summed E-state index contributed by atoms with van der Waals surface area (Å²) in [5.74, 6) is 0.0349. The van der Waals surface area contributed by atoms with Crippen LogP contribution in [0.2, 0.25) is 0 Å². The van der Waals surface area contributed by atoms with Crippen molar-refractivity contribution in [3.8, 4) is 6.07 Å². The Morgan fingerprint density at radius 2 is 2.33 bits per heavy atom. The lowest BCUT2D eigenvalue weighted by molar-refractivity contribution is -0.119. The Morgan fingerprint density at radius 3 is 3.00 bits per heavy atom. The number of nitrogens with zero attached hydrogens (tertiary/aromatic N) is 2. The standard InChI is InChI=1S/C12H10N4OS/c13-5-7-2-1-3-9-11(7)15-12(18)16(9)8-4-10(17)14-6-8/h1-3,8H,4,6H2,(H,14,17)(H,15,18). The summed E-state index contributed by atoms with van der Waals surface area (Å²) < 4.78 is 2.47. The molecule has 1 unspecified atom stereocenters. The molecule has 1 saturated heterocycles. The number of fused-ring (bicyclic) bond motifs is 1. The number of imidazole rings is 1. The Morgan fingerprint density at radius 1 is 1.50 bits per heavy atom. The SMILES string of the molecule is N#Cc1cccc2c1[nH]c(=S)n2C1CNC(=O)C1. The van der Waals surface area contributed by atoms with E-state index in [9.17, 15) is 4.79 Å². The maximum Gasteiger partial charge on any atom is 0.222 e. The Hall–Kier alpha value is -2.13. The molecule has 90 valence electrons. The number of hydrogen-bond acceptors (Lipinski definition) is 3. The molecule has 2 heterocycles. The second-order valence-electron chi connectivity index (χ2n) is 4.27. The van der Waals surface area contributed by atoms with Crippen molar-refractivity contribution in [3.05, 3.63) is 28.5 Å². The van der Waals surface area contributed by atoms with Crippen molar-refractivity contribution in [2.24, 2.45) is 0 Å². The average molecular weight is 258 g/mol. The van der Waals surface area contributed by atoms with E-state index in [-0.39, 0.29) is 11.9 Å². The van der Waals surface area contributed by atoms with Crippen molar-refractivity contribution in [1.82, 2.24) is 14.9 Å². The third-order valence-electron chi connectivity index (χ3n) is 3.19. The van der Waals surface area contributed by atoms with Gasteiger partial charge in [-0.15, -0.1) is 0 Å². The van der Waals surface area contributed by atoms with Gasteiger partial charge in [-0.2, -0.15) is 5.26 Å². The number of amides is 1. The van der Waals surface area contributed by atoms with Crippen molar-refractivity contribution >= 4 is 29.2 Å². The van der Waals surface area contributed by atoms with Crippen molar-refractivity contribution in [2.45, 2.75) is 12.5 Å². The monoisotopic (exact) mass is 258 g/mol. The molecule has 1 aliphatic rings. The number of para-hydroxylation sites is 1. The van der Waals surface area contributed by atoms with Gasteiger partial charge in [0.2, 0.25) is 5.91 Å². The highest BCUT2D eigenvalue weighted by Gasteiger charge is 2.25. The molecule has 0 aliphatic carbocycles. The highest BCUT2D eigenvalue weighted by atomic mass is 32.1. The third kappa shape index (κ3) is 1.52. The molecule has 1 fully saturated rings. The lowest BCUT2D eigenvalue weighted by atomic mass is 10.2. The van der Waals surface area contributed by atoms with Crippen LogP contribution in [0.5, 0.6) is 0 Å². The molecule has 18 heavy (non-hydrogen) atoms. The summed E-state index contributed by atoms with van der Waals surface area (Å²) in [7, 11) is 0. The van der Waals surface area contributed by atoms with Gasteiger partial charge in [-0.05, 0) is 24.4 Å². The van der Waals surface area contributed by atoms with Crippen LogP contribution in [0.4, 0.5) is 0 Å². The first-order chi connectivity index (χ1) is 8.70. The fourth-order valence-electron chi connectivity index (χ4n) is 2.38. The molecular weight excluding hydrogens is 248 g/mol. The number of hydrogen-bond donors (Lipinski definition) is 2. The van der Waals surface area contributed by atoms with E-state index in [0.29, 0.717) is 23.3 Å². The van der Waals surface area contributed by atoms with E-state index < -0.39 is 0 Å². The van der Waals surface area contributed by atoms with Crippen LogP contribution in [0.3, 0.4) is 0 Å². The fraction of sp³-hybridized carbons (Fsp3) is 0.250. The number of carbonyl (C=O) groups is 1. The van der Waals surface area contributed by atoms with Gasteiger partial charge in [0, 0.05) is 13.0 Å². The molecule has 1 amide bonds. The van der Waals surface area contributed by atoms with Gasteiger partial charge >= 0.3 is 0 Å². The molecule has 3 rings (SSSR count). The zero-order valence-corrected chi connectivity index (χ0v) is 10.3. The molecule has 1 aromatic carbocycles. The quantitative estimate of drug-likeness (QED) is 0.763. The first-order valence-corrected chi connectivity index (χ1v) is 6.01. The van der Waals surface area contributed by atoms with Crippen molar-refractivity contribution in [3.63, 3.8) is 0 Å². The van der Waals surface area contributed by atoms with Crippen LogP contribution < -0.4 is 5.32 Å². The molecule has 5 nitrogen and oxygen atoms in total. The Kier molecular flexibility index (Phi) is 2.42. The van der Waals surface area contributed by atoms with Gasteiger partial charge in [-0.3, -0.25) is 4.79 Å². The number of aromatic amines is 1. The van der Waals surface area contributed by atoms with Gasteiger partial charge in [0.15, 0.2) is 4.77 Å². The smallest absolute Gasteiger partial charge is 0.222 e. The Labute approximate surface area is 108 Å². The number of benzene rings is 1. The summed E-state index contributed by atoms with van der Waals surface area (Å²) in [5, 5.41) is 11.9. The van der Waals surface area contributed by atoms with Gasteiger partial charge in [-0.1, -0.05) is 6.07 Å². The van der Waals surface area contributed by atoms with Crippen molar-refractivity contribution < 1.29 is 4.79 Å². The van der Waals surface area contributed by atoms with Gasteiger partial charge in [0.1, 0.15) is 6.07 Å². The zero-order chi connectivity index (χ0) is 12.7. The Balaban J connectivity index is 2.24. The number of rotatable bonds is 1. The van der Waals surface area contributed by atoms with Gasteiger partial charge in [-0.25, -0.2) is 0 Å². The van der Waals surface area contributed by atoms with Gasteiger partial charge in [0.05, 0.1) is 22.6 Å². The van der Waals surface area contributed by atoms with Crippen LogP contribution in [0, 0.1) is 16.1 Å². The summed E-state index contributed by atoms with van der Waals surface area (Å²) in [6.07, 6.45) is 0.429. The zero-order valence-electron chi connectivity index (χ0n) is 9.43. The highest BCUT2D eigenvalue weighted by Crippen LogP contribution is 2.25. The van der Waals surface area contributed by atoms with Crippen LogP contribution in [0.1, 0.15) is 18.0 Å². The van der Waals surface area contributed by atoms with E-state index >= 15 is 0 Å². The minimum absolute atomic E-state index is 0.0210. The molecule has 0 spiro atoms. The summed E-state index contributed by atoms with van der Waals surface area (Å²) in [6.45, 7) is 0.580. The Bertz CT molecular complexity index is 737. The van der Waals surface area contributed by atoms with Crippen LogP contribution in [-0.4, -0.2) is 22.0 Å². The third-order valence-corrected chi connectivity index (χ3v) is 3.49. The molecule has 2 aromatic rings. The normalized spacial score (nSPS) is 18.8. The van der Waals surface area contributed by atoms with Crippen LogP contribution in [0.15, 0.2) is 18.2 Å². The molecule has 1 atom stereocenters. The topological polar surface area (TPSA) is 73.6 Å². The van der Waals surface area contributed by atoms with E-state index in [1.165, 1.54) is 0 Å². The molecular formula is C12H10N4OS.